The molecule has 1 aromatic rings. The molecule has 2 rings (SSSR count). The van der Waals surface area contributed by atoms with E-state index in [-0.39, 0.29) is 6.10 Å². The Hall–Kier alpha value is -1.30. The predicted octanol–water partition coefficient (Wildman–Crippen LogP) is 1.19. The molecule has 0 aliphatic carbocycles. The molecule has 0 amide bonds. The highest BCUT2D eigenvalue weighted by molar-refractivity contribution is 5.41. The number of piperidine rings is 1. The largest absolute Gasteiger partial charge is 0.497 e. The number of ether oxygens (including phenoxy) is 2. The van der Waals surface area contributed by atoms with Crippen LogP contribution in [-0.4, -0.2) is 55.1 Å². The highest BCUT2D eigenvalue weighted by Gasteiger charge is 2.22. The lowest BCUT2D eigenvalue weighted by atomic mass is 10.0. The van der Waals surface area contributed by atoms with Crippen LogP contribution in [0.2, 0.25) is 0 Å². The second-order valence-corrected chi connectivity index (χ2v) is 5.16. The van der Waals surface area contributed by atoms with Crippen molar-refractivity contribution in [2.24, 2.45) is 0 Å². The normalized spacial score (nSPS) is 18.8. The van der Waals surface area contributed by atoms with Gasteiger partial charge in [-0.1, -0.05) is 0 Å². The molecule has 5 heteroatoms. The minimum absolute atomic E-state index is 0.199. The number of β-amino-alcohol motifs (C(OH)–C–C–N with tert-alkyl or cyclic N) is 1. The number of nitrogens with zero attached hydrogens (tertiary/aromatic N) is 1. The number of rotatable bonds is 5. The standard InChI is InChI=1S/C15H23NO4/c1-19-12-3-4-15(20-2)13(9-12)14(18)10-16-7-5-11(17)6-8-16/h3-4,9,11,14,17-18H,5-8,10H2,1-2H3. The number of hydrogen-bond acceptors (Lipinski definition) is 5. The number of aliphatic hydroxyl groups is 2. The van der Waals surface area contributed by atoms with Gasteiger partial charge in [0.15, 0.2) is 0 Å². The van der Waals surface area contributed by atoms with Crippen molar-refractivity contribution in [1.82, 2.24) is 4.90 Å². The zero-order chi connectivity index (χ0) is 14.5. The fourth-order valence-corrected chi connectivity index (χ4v) is 2.54. The van der Waals surface area contributed by atoms with Crippen LogP contribution in [-0.2, 0) is 0 Å². The molecule has 0 spiro atoms. The van der Waals surface area contributed by atoms with Crippen LogP contribution >= 0.6 is 0 Å². The van der Waals surface area contributed by atoms with Crippen LogP contribution in [0.15, 0.2) is 18.2 Å². The van der Waals surface area contributed by atoms with Crippen LogP contribution in [0.25, 0.3) is 0 Å². The van der Waals surface area contributed by atoms with Gasteiger partial charge in [-0.05, 0) is 31.0 Å². The molecule has 1 aliphatic rings. The average molecular weight is 281 g/mol. The molecule has 1 aliphatic heterocycles. The molecule has 2 N–H and O–H groups in total. The topological polar surface area (TPSA) is 62.2 Å². The first-order valence-corrected chi connectivity index (χ1v) is 6.94. The molecule has 1 fully saturated rings. The van der Waals surface area contributed by atoms with Crippen LogP contribution in [0, 0.1) is 0 Å². The minimum Gasteiger partial charge on any atom is -0.497 e. The Balaban J connectivity index is 2.05. The Kier molecular flexibility index (Phi) is 5.23. The molecule has 0 radical (unpaired) electrons. The number of methoxy groups -OCH3 is 2. The molecule has 0 saturated carbocycles. The highest BCUT2D eigenvalue weighted by atomic mass is 16.5. The van der Waals surface area contributed by atoms with Gasteiger partial charge in [0, 0.05) is 25.2 Å². The van der Waals surface area contributed by atoms with E-state index in [4.69, 9.17) is 9.47 Å². The van der Waals surface area contributed by atoms with Crippen LogP contribution in [0.1, 0.15) is 24.5 Å². The summed E-state index contributed by atoms with van der Waals surface area (Å²) in [4.78, 5) is 2.16. The zero-order valence-corrected chi connectivity index (χ0v) is 12.1. The molecule has 112 valence electrons. The Morgan fingerprint density at radius 2 is 1.95 bits per heavy atom. The molecule has 1 heterocycles. The maximum atomic E-state index is 10.4. The van der Waals surface area contributed by atoms with Crippen molar-refractivity contribution in [3.8, 4) is 11.5 Å². The second kappa shape index (κ2) is 6.92. The summed E-state index contributed by atoms with van der Waals surface area (Å²) >= 11 is 0. The van der Waals surface area contributed by atoms with Crippen molar-refractivity contribution < 1.29 is 19.7 Å². The lowest BCUT2D eigenvalue weighted by Crippen LogP contribution is -2.38. The van der Waals surface area contributed by atoms with Gasteiger partial charge in [-0.25, -0.2) is 0 Å². The summed E-state index contributed by atoms with van der Waals surface area (Å²) < 4.78 is 10.5. The van der Waals surface area contributed by atoms with E-state index in [0.717, 1.165) is 31.5 Å². The molecule has 1 unspecified atom stereocenters. The van der Waals surface area contributed by atoms with Gasteiger partial charge in [0.1, 0.15) is 11.5 Å². The van der Waals surface area contributed by atoms with Gasteiger partial charge in [-0.2, -0.15) is 0 Å². The van der Waals surface area contributed by atoms with Crippen molar-refractivity contribution in [3.63, 3.8) is 0 Å². The molecule has 0 bridgehead atoms. The molecule has 5 nitrogen and oxygen atoms in total. The predicted molar refractivity (Wildman–Crippen MR) is 76.2 cm³/mol. The molecule has 0 aromatic heterocycles. The number of hydrogen-bond donors (Lipinski definition) is 2. The summed E-state index contributed by atoms with van der Waals surface area (Å²) in [7, 11) is 3.19. The van der Waals surface area contributed by atoms with E-state index in [1.54, 1.807) is 20.3 Å². The molecular weight excluding hydrogens is 258 g/mol. The lowest BCUT2D eigenvalue weighted by molar-refractivity contribution is 0.0500. The van der Waals surface area contributed by atoms with E-state index in [0.29, 0.717) is 18.0 Å². The third-order valence-electron chi connectivity index (χ3n) is 3.78. The van der Waals surface area contributed by atoms with Gasteiger partial charge in [0.05, 0.1) is 26.4 Å². The number of aliphatic hydroxyl groups excluding tert-OH is 2. The van der Waals surface area contributed by atoms with Crippen molar-refractivity contribution in [2.45, 2.75) is 25.0 Å². The quantitative estimate of drug-likeness (QED) is 0.849. The van der Waals surface area contributed by atoms with Crippen molar-refractivity contribution in [1.29, 1.82) is 0 Å². The smallest absolute Gasteiger partial charge is 0.124 e. The van der Waals surface area contributed by atoms with E-state index in [2.05, 4.69) is 4.90 Å². The van der Waals surface area contributed by atoms with Gasteiger partial charge in [0.2, 0.25) is 0 Å². The van der Waals surface area contributed by atoms with Gasteiger partial charge in [0.25, 0.3) is 0 Å². The first-order chi connectivity index (χ1) is 9.63. The summed E-state index contributed by atoms with van der Waals surface area (Å²) in [6.07, 6.45) is 0.703. The monoisotopic (exact) mass is 281 g/mol. The van der Waals surface area contributed by atoms with E-state index in [9.17, 15) is 10.2 Å². The van der Waals surface area contributed by atoms with Crippen LogP contribution in [0.3, 0.4) is 0 Å². The molecular formula is C15H23NO4. The minimum atomic E-state index is -0.629. The maximum Gasteiger partial charge on any atom is 0.124 e. The third-order valence-corrected chi connectivity index (χ3v) is 3.78. The van der Waals surface area contributed by atoms with Gasteiger partial charge in [-0.15, -0.1) is 0 Å². The van der Waals surface area contributed by atoms with Crippen LogP contribution in [0.5, 0.6) is 11.5 Å². The summed E-state index contributed by atoms with van der Waals surface area (Å²) in [5, 5.41) is 19.9. The highest BCUT2D eigenvalue weighted by Crippen LogP contribution is 2.30. The summed E-state index contributed by atoms with van der Waals surface area (Å²) in [6, 6.07) is 5.42. The van der Waals surface area contributed by atoms with E-state index in [1.807, 2.05) is 12.1 Å². The SMILES string of the molecule is COc1ccc(OC)c(C(O)CN2CCC(O)CC2)c1. The molecule has 20 heavy (non-hydrogen) atoms. The van der Waals surface area contributed by atoms with E-state index < -0.39 is 6.10 Å². The van der Waals surface area contributed by atoms with Gasteiger partial charge in [-0.3, -0.25) is 0 Å². The Labute approximate surface area is 119 Å². The fourth-order valence-electron chi connectivity index (χ4n) is 2.54. The number of benzene rings is 1. The van der Waals surface area contributed by atoms with Crippen molar-refractivity contribution in [2.75, 3.05) is 33.9 Å². The van der Waals surface area contributed by atoms with Gasteiger partial charge >= 0.3 is 0 Å². The van der Waals surface area contributed by atoms with Crippen LogP contribution in [0.4, 0.5) is 0 Å². The Bertz CT molecular complexity index is 430. The summed E-state index contributed by atoms with van der Waals surface area (Å²) in [5.74, 6) is 1.37. The summed E-state index contributed by atoms with van der Waals surface area (Å²) in [6.45, 7) is 2.16. The lowest BCUT2D eigenvalue weighted by Gasteiger charge is -2.31. The second-order valence-electron chi connectivity index (χ2n) is 5.16. The number of likely N-dealkylation sites (tertiary alicyclic amines) is 1. The van der Waals surface area contributed by atoms with Gasteiger partial charge < -0.3 is 24.6 Å². The average Bonchev–Trinajstić information content (AvgIpc) is 2.48. The summed E-state index contributed by atoms with van der Waals surface area (Å²) in [5.41, 5.74) is 0.734. The Morgan fingerprint density at radius 3 is 2.55 bits per heavy atom. The fraction of sp³-hybridized carbons (Fsp3) is 0.600. The first-order valence-electron chi connectivity index (χ1n) is 6.94. The van der Waals surface area contributed by atoms with E-state index in [1.165, 1.54) is 0 Å². The van der Waals surface area contributed by atoms with E-state index >= 15 is 0 Å². The first kappa shape index (κ1) is 15.1. The van der Waals surface area contributed by atoms with Crippen LogP contribution < -0.4 is 9.47 Å². The Morgan fingerprint density at radius 1 is 1.25 bits per heavy atom. The molecule has 1 aromatic carbocycles. The third kappa shape index (κ3) is 3.62. The zero-order valence-electron chi connectivity index (χ0n) is 12.1. The van der Waals surface area contributed by atoms with Crippen molar-refractivity contribution in [3.05, 3.63) is 23.8 Å². The maximum absolute atomic E-state index is 10.4. The molecule has 1 saturated heterocycles. The molecule has 1 atom stereocenters. The van der Waals surface area contributed by atoms with Crippen molar-refractivity contribution >= 4 is 0 Å².